The Kier molecular flexibility index (Phi) is 28.2. The van der Waals surface area contributed by atoms with Gasteiger partial charge in [0.05, 0.1) is 17.9 Å². The molecule has 43 heavy (non-hydrogen) atoms. The van der Waals surface area contributed by atoms with Crippen LogP contribution < -0.4 is 5.32 Å². The van der Waals surface area contributed by atoms with Crippen molar-refractivity contribution in [1.29, 1.82) is 0 Å². The molecule has 0 aromatic rings. The molecule has 0 radical (unpaired) electrons. The smallest absolute Gasteiger partial charge is 0.267 e. The third-order valence-corrected chi connectivity index (χ3v) is 8.44. The van der Waals surface area contributed by atoms with Gasteiger partial charge in [0.15, 0.2) is 0 Å². The van der Waals surface area contributed by atoms with Gasteiger partial charge in [0, 0.05) is 0 Å². The van der Waals surface area contributed by atoms with E-state index in [1.807, 2.05) is 0 Å². The molecule has 7 nitrogen and oxygen atoms in total. The molecule has 1 amide bonds. The van der Waals surface area contributed by atoms with Crippen molar-refractivity contribution in [3.05, 3.63) is 36.5 Å². The molecule has 8 heteroatoms. The third kappa shape index (κ3) is 29.0. The highest BCUT2D eigenvalue weighted by Crippen LogP contribution is 2.13. The number of aliphatic hydroxyl groups is 2. The molecule has 3 atom stereocenters. The predicted molar refractivity (Wildman–Crippen MR) is 181 cm³/mol. The summed E-state index contributed by atoms with van der Waals surface area (Å²) in [5.41, 5.74) is 0. The topological polar surface area (TPSA) is 124 Å². The highest BCUT2D eigenvalue weighted by atomic mass is 32.2. The van der Waals surface area contributed by atoms with E-state index in [1.165, 1.54) is 83.1 Å². The first-order valence-corrected chi connectivity index (χ1v) is 18.9. The molecule has 0 rings (SSSR count). The van der Waals surface area contributed by atoms with E-state index >= 15 is 0 Å². The minimum Gasteiger partial charge on any atom is -0.387 e. The second kappa shape index (κ2) is 29.2. The number of amides is 1. The Morgan fingerprint density at radius 3 is 1.53 bits per heavy atom. The summed E-state index contributed by atoms with van der Waals surface area (Å²) in [4.78, 5) is 12.5. The van der Waals surface area contributed by atoms with Crippen LogP contribution in [0.3, 0.4) is 0 Å². The lowest BCUT2D eigenvalue weighted by atomic mass is 10.0. The average molecular weight is 628 g/mol. The van der Waals surface area contributed by atoms with E-state index in [9.17, 15) is 28.0 Å². The molecule has 0 aliphatic carbocycles. The molecule has 0 fully saturated rings. The summed E-state index contributed by atoms with van der Waals surface area (Å²) in [7, 11) is -4.44. The van der Waals surface area contributed by atoms with Gasteiger partial charge >= 0.3 is 0 Å². The van der Waals surface area contributed by atoms with Crippen LogP contribution in [0.2, 0.25) is 0 Å². The number of aliphatic hydroxyl groups excluding tert-OH is 2. The predicted octanol–water partition coefficient (Wildman–Crippen LogP) is 8.37. The van der Waals surface area contributed by atoms with Crippen LogP contribution in [0, 0.1) is 0 Å². The molecule has 4 N–H and O–H groups in total. The fraction of sp³-hybridized carbons (Fsp3) is 0.800. The lowest BCUT2D eigenvalue weighted by molar-refractivity contribution is -0.130. The first kappa shape index (κ1) is 41.5. The van der Waals surface area contributed by atoms with Crippen molar-refractivity contribution in [2.24, 2.45) is 0 Å². The van der Waals surface area contributed by atoms with Gasteiger partial charge in [0.2, 0.25) is 5.91 Å². The van der Waals surface area contributed by atoms with Crippen LogP contribution in [0.4, 0.5) is 0 Å². The monoisotopic (exact) mass is 627 g/mol. The lowest BCUT2D eigenvalue weighted by Gasteiger charge is -2.22. The minimum absolute atomic E-state index is 0.272. The molecule has 252 valence electrons. The van der Waals surface area contributed by atoms with Crippen molar-refractivity contribution in [2.45, 2.75) is 173 Å². The number of nitrogens with one attached hydrogen (secondary N) is 1. The van der Waals surface area contributed by atoms with Gasteiger partial charge in [0.1, 0.15) is 6.10 Å². The molecule has 0 aliphatic rings. The fourth-order valence-corrected chi connectivity index (χ4v) is 5.69. The number of hydrogen-bond donors (Lipinski definition) is 4. The number of hydrogen-bond acceptors (Lipinski definition) is 5. The first-order valence-electron chi connectivity index (χ1n) is 17.3. The van der Waals surface area contributed by atoms with E-state index < -0.39 is 40.0 Å². The van der Waals surface area contributed by atoms with Gasteiger partial charge in [-0.25, -0.2) is 0 Å². The zero-order chi connectivity index (χ0) is 32.0. The Labute approximate surface area is 264 Å². The van der Waals surface area contributed by atoms with Crippen LogP contribution in [0.1, 0.15) is 155 Å². The fourth-order valence-electron chi connectivity index (χ4n) is 4.96. The molecule has 0 spiro atoms. The molecule has 0 heterocycles. The summed E-state index contributed by atoms with van der Waals surface area (Å²) in [6, 6.07) is -1.25. The Morgan fingerprint density at radius 1 is 0.628 bits per heavy atom. The zero-order valence-electron chi connectivity index (χ0n) is 27.4. The van der Waals surface area contributed by atoms with Crippen molar-refractivity contribution >= 4 is 16.0 Å². The van der Waals surface area contributed by atoms with Crippen LogP contribution in [-0.4, -0.2) is 53.1 Å². The molecule has 0 saturated carbocycles. The maximum Gasteiger partial charge on any atom is 0.267 e. The normalized spacial score (nSPS) is 14.6. The van der Waals surface area contributed by atoms with E-state index in [2.05, 4.69) is 43.5 Å². The van der Waals surface area contributed by atoms with Gasteiger partial charge < -0.3 is 15.5 Å². The quantitative estimate of drug-likeness (QED) is 0.0360. The van der Waals surface area contributed by atoms with Gasteiger partial charge in [-0.1, -0.05) is 147 Å². The third-order valence-electron chi connectivity index (χ3n) is 7.65. The Balaban J connectivity index is 4.26. The summed E-state index contributed by atoms with van der Waals surface area (Å²) < 4.78 is 32.3. The molecular formula is C35H65NO6S. The van der Waals surface area contributed by atoms with Crippen LogP contribution in [0.5, 0.6) is 0 Å². The van der Waals surface area contributed by atoms with E-state index in [4.69, 9.17) is 0 Å². The standard InChI is InChI=1S/C35H65NO6S/c1-3-5-7-9-11-13-15-16-17-18-19-20-22-23-25-27-29-33(37)32(31-43(40,41)42)36-35(39)34(38)30-28-26-24-21-14-12-10-8-6-4-2/h16-17,20,22,27,29,32-34,37-38H,3-15,18-19,21,23-26,28,30-31H2,1-2H3,(H,36,39)(H,40,41,42)/b17-16+,22-20+,29-27+. The summed E-state index contributed by atoms with van der Waals surface area (Å²) in [6.07, 6.45) is 33.5. The number of carbonyl (C=O) groups excluding carboxylic acids is 1. The van der Waals surface area contributed by atoms with Crippen molar-refractivity contribution in [2.75, 3.05) is 5.75 Å². The molecular weight excluding hydrogens is 562 g/mol. The molecule has 0 aromatic carbocycles. The van der Waals surface area contributed by atoms with Crippen LogP contribution in [-0.2, 0) is 14.9 Å². The lowest BCUT2D eigenvalue weighted by Crippen LogP contribution is -2.50. The number of allylic oxidation sites excluding steroid dienone is 5. The molecule has 3 unspecified atom stereocenters. The SMILES string of the molecule is CCCCCCCC/C=C/CC/C=C/CC/C=C/C(O)C(CS(=O)(=O)O)NC(=O)C(O)CCCCCCCCCCCC. The molecule has 0 saturated heterocycles. The van der Waals surface area contributed by atoms with Crippen molar-refractivity contribution in [1.82, 2.24) is 5.32 Å². The van der Waals surface area contributed by atoms with Gasteiger partial charge in [-0.15, -0.1) is 0 Å². The summed E-state index contributed by atoms with van der Waals surface area (Å²) in [5, 5.41) is 23.2. The summed E-state index contributed by atoms with van der Waals surface area (Å²) in [5.74, 6) is -1.57. The van der Waals surface area contributed by atoms with Crippen molar-refractivity contribution in [3.8, 4) is 0 Å². The molecule has 0 bridgehead atoms. The van der Waals surface area contributed by atoms with E-state index in [0.717, 1.165) is 44.9 Å². The summed E-state index contributed by atoms with van der Waals surface area (Å²) in [6.45, 7) is 4.45. The molecule has 0 aromatic heterocycles. The molecule has 0 aliphatic heterocycles. The van der Waals surface area contributed by atoms with Crippen LogP contribution in [0.25, 0.3) is 0 Å². The maximum absolute atomic E-state index is 12.5. The van der Waals surface area contributed by atoms with Crippen molar-refractivity contribution in [3.63, 3.8) is 0 Å². The van der Waals surface area contributed by atoms with Gasteiger partial charge in [-0.05, 0) is 44.9 Å². The number of carbonyl (C=O) groups is 1. The first-order chi connectivity index (χ1) is 20.7. The Bertz CT molecular complexity index is 839. The van der Waals surface area contributed by atoms with E-state index in [-0.39, 0.29) is 6.42 Å². The Hall–Kier alpha value is -1.48. The second-order valence-electron chi connectivity index (χ2n) is 11.9. The average Bonchev–Trinajstić information content (AvgIpc) is 2.96. The van der Waals surface area contributed by atoms with Gasteiger partial charge in [-0.2, -0.15) is 8.42 Å². The highest BCUT2D eigenvalue weighted by Gasteiger charge is 2.27. The second-order valence-corrected chi connectivity index (χ2v) is 13.4. The number of rotatable bonds is 30. The summed E-state index contributed by atoms with van der Waals surface area (Å²) >= 11 is 0. The maximum atomic E-state index is 12.5. The van der Waals surface area contributed by atoms with Gasteiger partial charge in [-0.3, -0.25) is 9.35 Å². The van der Waals surface area contributed by atoms with Gasteiger partial charge in [0.25, 0.3) is 10.1 Å². The van der Waals surface area contributed by atoms with E-state index in [1.54, 1.807) is 6.08 Å². The highest BCUT2D eigenvalue weighted by molar-refractivity contribution is 7.85. The zero-order valence-corrected chi connectivity index (χ0v) is 28.3. The van der Waals surface area contributed by atoms with Crippen LogP contribution >= 0.6 is 0 Å². The van der Waals surface area contributed by atoms with Crippen molar-refractivity contribution < 1.29 is 28.0 Å². The van der Waals surface area contributed by atoms with Crippen LogP contribution in [0.15, 0.2) is 36.5 Å². The minimum atomic E-state index is -4.44. The number of unbranched alkanes of at least 4 members (excludes halogenated alkanes) is 17. The van der Waals surface area contributed by atoms with E-state index in [0.29, 0.717) is 12.8 Å². The largest absolute Gasteiger partial charge is 0.387 e. The Morgan fingerprint density at radius 2 is 1.05 bits per heavy atom.